The van der Waals surface area contributed by atoms with Gasteiger partial charge in [0.15, 0.2) is 5.82 Å². The van der Waals surface area contributed by atoms with E-state index in [2.05, 4.69) is 32.8 Å². The highest BCUT2D eigenvalue weighted by atomic mass is 127. The smallest absolute Gasteiger partial charge is 0.291 e. The van der Waals surface area contributed by atoms with Gasteiger partial charge in [0.1, 0.15) is 0 Å². The van der Waals surface area contributed by atoms with E-state index in [-0.39, 0.29) is 5.16 Å². The molecule has 0 saturated heterocycles. The first-order chi connectivity index (χ1) is 9.12. The Morgan fingerprint density at radius 3 is 2.30 bits per heavy atom. The van der Waals surface area contributed by atoms with E-state index in [1.807, 2.05) is 45.0 Å². The van der Waals surface area contributed by atoms with Crippen LogP contribution in [0.3, 0.4) is 0 Å². The SMILES string of the molecule is CC(C)(C)n1c(-c2ccccc2I)nnc1S(=O)(=O)Cl. The summed E-state index contributed by atoms with van der Waals surface area (Å²) in [6.45, 7) is 5.63. The van der Waals surface area contributed by atoms with E-state index in [1.54, 1.807) is 4.57 Å². The van der Waals surface area contributed by atoms with Crippen LogP contribution in [0.5, 0.6) is 0 Å². The van der Waals surface area contributed by atoms with E-state index < -0.39 is 14.6 Å². The second-order valence-corrected chi connectivity index (χ2v) is 8.85. The van der Waals surface area contributed by atoms with Gasteiger partial charge >= 0.3 is 0 Å². The Labute approximate surface area is 135 Å². The van der Waals surface area contributed by atoms with Crippen LogP contribution in [0.4, 0.5) is 0 Å². The van der Waals surface area contributed by atoms with E-state index in [0.717, 1.165) is 9.13 Å². The average molecular weight is 426 g/mol. The number of benzene rings is 1. The first-order valence-corrected chi connectivity index (χ1v) is 9.16. The molecule has 2 aromatic rings. The van der Waals surface area contributed by atoms with Crippen molar-refractivity contribution in [2.24, 2.45) is 0 Å². The zero-order valence-corrected chi connectivity index (χ0v) is 14.9. The summed E-state index contributed by atoms with van der Waals surface area (Å²) in [7, 11) is 1.50. The Morgan fingerprint density at radius 2 is 1.80 bits per heavy atom. The van der Waals surface area contributed by atoms with E-state index in [9.17, 15) is 8.42 Å². The molecule has 8 heteroatoms. The quantitative estimate of drug-likeness (QED) is 0.547. The van der Waals surface area contributed by atoms with Crippen molar-refractivity contribution in [1.82, 2.24) is 14.8 Å². The lowest BCUT2D eigenvalue weighted by atomic mass is 10.1. The highest BCUT2D eigenvalue weighted by Crippen LogP contribution is 2.31. The Hall–Kier alpha value is -0.670. The Morgan fingerprint density at radius 1 is 1.20 bits per heavy atom. The topological polar surface area (TPSA) is 64.8 Å². The van der Waals surface area contributed by atoms with Crippen molar-refractivity contribution < 1.29 is 8.42 Å². The van der Waals surface area contributed by atoms with Crippen LogP contribution in [-0.4, -0.2) is 23.2 Å². The lowest BCUT2D eigenvalue weighted by molar-refractivity contribution is 0.367. The van der Waals surface area contributed by atoms with Gasteiger partial charge < -0.3 is 0 Å². The zero-order chi connectivity index (χ0) is 15.1. The fourth-order valence-corrected chi connectivity index (χ4v) is 3.49. The maximum Gasteiger partial charge on any atom is 0.296 e. The summed E-state index contributed by atoms with van der Waals surface area (Å²) in [6.07, 6.45) is 0. The van der Waals surface area contributed by atoms with Gasteiger partial charge in [0, 0.05) is 25.4 Å². The number of nitrogens with zero attached hydrogens (tertiary/aromatic N) is 3. The molecule has 0 spiro atoms. The summed E-state index contributed by atoms with van der Waals surface area (Å²) >= 11 is 2.18. The molecule has 108 valence electrons. The molecule has 0 saturated carbocycles. The molecule has 1 aromatic carbocycles. The van der Waals surface area contributed by atoms with E-state index >= 15 is 0 Å². The summed E-state index contributed by atoms with van der Waals surface area (Å²) in [5.41, 5.74) is 0.303. The first-order valence-electron chi connectivity index (χ1n) is 5.78. The van der Waals surface area contributed by atoms with Gasteiger partial charge in [-0.3, -0.25) is 4.57 Å². The number of rotatable bonds is 2. The minimum Gasteiger partial charge on any atom is -0.291 e. The summed E-state index contributed by atoms with van der Waals surface area (Å²) in [5, 5.41) is 7.55. The van der Waals surface area contributed by atoms with E-state index in [0.29, 0.717) is 5.82 Å². The molecule has 0 bridgehead atoms. The van der Waals surface area contributed by atoms with Crippen molar-refractivity contribution in [2.45, 2.75) is 31.5 Å². The lowest BCUT2D eigenvalue weighted by Crippen LogP contribution is -2.26. The summed E-state index contributed by atoms with van der Waals surface area (Å²) in [4.78, 5) is 0. The second kappa shape index (κ2) is 5.27. The lowest BCUT2D eigenvalue weighted by Gasteiger charge is -2.24. The Kier molecular flexibility index (Phi) is 4.14. The molecule has 0 fully saturated rings. The molecule has 0 unspecified atom stereocenters. The minimum absolute atomic E-state index is 0.235. The number of hydrogen-bond donors (Lipinski definition) is 0. The predicted molar refractivity (Wildman–Crippen MR) is 86.2 cm³/mol. The van der Waals surface area contributed by atoms with Crippen LogP contribution in [0.2, 0.25) is 0 Å². The van der Waals surface area contributed by atoms with Gasteiger partial charge in [-0.15, -0.1) is 10.2 Å². The van der Waals surface area contributed by atoms with Crippen LogP contribution in [0.25, 0.3) is 11.4 Å². The van der Waals surface area contributed by atoms with Crippen molar-refractivity contribution >= 4 is 42.3 Å². The molecule has 2 rings (SSSR count). The molecule has 0 aliphatic heterocycles. The van der Waals surface area contributed by atoms with Crippen LogP contribution >= 0.6 is 33.3 Å². The van der Waals surface area contributed by atoms with Gasteiger partial charge in [-0.05, 0) is 49.4 Å². The minimum atomic E-state index is -3.96. The molecule has 1 heterocycles. The monoisotopic (exact) mass is 425 g/mol. The molecule has 0 N–H and O–H groups in total. The molecular weight excluding hydrogens is 413 g/mol. The fourth-order valence-electron chi connectivity index (χ4n) is 1.85. The maximum absolute atomic E-state index is 11.7. The predicted octanol–water partition coefficient (Wildman–Crippen LogP) is 3.23. The third kappa shape index (κ3) is 2.99. The fraction of sp³-hybridized carbons (Fsp3) is 0.333. The number of halogens is 2. The Balaban J connectivity index is 2.81. The molecule has 0 aliphatic rings. The van der Waals surface area contributed by atoms with Crippen molar-refractivity contribution in [1.29, 1.82) is 0 Å². The van der Waals surface area contributed by atoms with Gasteiger partial charge in [-0.25, -0.2) is 8.42 Å². The zero-order valence-electron chi connectivity index (χ0n) is 11.1. The van der Waals surface area contributed by atoms with Gasteiger partial charge in [-0.2, -0.15) is 0 Å². The second-order valence-electron chi connectivity index (χ2n) is 5.23. The van der Waals surface area contributed by atoms with Crippen LogP contribution in [-0.2, 0) is 14.6 Å². The maximum atomic E-state index is 11.7. The third-order valence-electron chi connectivity index (χ3n) is 2.64. The van der Waals surface area contributed by atoms with Crippen molar-refractivity contribution in [3.05, 3.63) is 27.8 Å². The van der Waals surface area contributed by atoms with Crippen LogP contribution in [0, 0.1) is 3.57 Å². The van der Waals surface area contributed by atoms with Crippen LogP contribution in [0.15, 0.2) is 29.4 Å². The van der Waals surface area contributed by atoms with E-state index in [4.69, 9.17) is 10.7 Å². The number of hydrogen-bond acceptors (Lipinski definition) is 4. The molecule has 20 heavy (non-hydrogen) atoms. The molecule has 0 amide bonds. The summed E-state index contributed by atoms with van der Waals surface area (Å²) in [5.74, 6) is 0.488. The first kappa shape index (κ1) is 15.7. The van der Waals surface area contributed by atoms with Crippen molar-refractivity contribution in [3.63, 3.8) is 0 Å². The molecule has 0 atom stereocenters. The average Bonchev–Trinajstić information content (AvgIpc) is 2.73. The van der Waals surface area contributed by atoms with E-state index in [1.165, 1.54) is 0 Å². The van der Waals surface area contributed by atoms with Crippen molar-refractivity contribution in [2.75, 3.05) is 0 Å². The largest absolute Gasteiger partial charge is 0.296 e. The van der Waals surface area contributed by atoms with Crippen LogP contribution < -0.4 is 0 Å². The van der Waals surface area contributed by atoms with Gasteiger partial charge in [0.05, 0.1) is 0 Å². The highest BCUT2D eigenvalue weighted by molar-refractivity contribution is 14.1. The van der Waals surface area contributed by atoms with Gasteiger partial charge in [0.25, 0.3) is 14.2 Å². The molecule has 1 aromatic heterocycles. The van der Waals surface area contributed by atoms with Crippen molar-refractivity contribution in [3.8, 4) is 11.4 Å². The Bertz CT molecular complexity index is 750. The molecule has 0 aliphatic carbocycles. The molecule has 5 nitrogen and oxygen atoms in total. The normalized spacial score (nSPS) is 12.7. The standard InChI is InChI=1S/C12H13ClIN3O2S/c1-12(2,3)17-10(8-6-4-5-7-9(8)14)15-16-11(17)20(13,18)19/h4-7H,1-3H3. The summed E-state index contributed by atoms with van der Waals surface area (Å²) < 4.78 is 25.8. The third-order valence-corrected chi connectivity index (χ3v) is 4.69. The van der Waals surface area contributed by atoms with Gasteiger partial charge in [-0.1, -0.05) is 18.2 Å². The van der Waals surface area contributed by atoms with Crippen LogP contribution in [0.1, 0.15) is 20.8 Å². The van der Waals surface area contributed by atoms with Gasteiger partial charge in [0.2, 0.25) is 0 Å². The molecule has 0 radical (unpaired) electrons. The highest BCUT2D eigenvalue weighted by Gasteiger charge is 2.30. The molecular formula is C12H13ClIN3O2S. The summed E-state index contributed by atoms with van der Waals surface area (Å²) in [6, 6.07) is 7.57. The number of aromatic nitrogens is 3.